The van der Waals surface area contributed by atoms with Gasteiger partial charge in [-0.2, -0.15) is 0 Å². The molecule has 1 fully saturated rings. The molecular formula is C17H28N2O. The van der Waals surface area contributed by atoms with Gasteiger partial charge in [-0.1, -0.05) is 44.2 Å². The summed E-state index contributed by atoms with van der Waals surface area (Å²) in [6.45, 7) is 7.45. The lowest BCUT2D eigenvalue weighted by molar-refractivity contribution is -0.0500. The van der Waals surface area contributed by atoms with Gasteiger partial charge in [-0.3, -0.25) is 4.90 Å². The Morgan fingerprint density at radius 2 is 2.05 bits per heavy atom. The van der Waals surface area contributed by atoms with E-state index in [1.165, 1.54) is 5.56 Å². The summed E-state index contributed by atoms with van der Waals surface area (Å²) >= 11 is 0. The van der Waals surface area contributed by atoms with E-state index in [9.17, 15) is 0 Å². The molecule has 0 radical (unpaired) electrons. The Labute approximate surface area is 123 Å². The molecule has 0 aromatic heterocycles. The molecule has 0 spiro atoms. The first-order chi connectivity index (χ1) is 9.80. The molecule has 3 nitrogen and oxygen atoms in total. The van der Waals surface area contributed by atoms with E-state index in [2.05, 4.69) is 61.4 Å². The molecule has 1 aromatic carbocycles. The highest BCUT2D eigenvalue weighted by atomic mass is 16.5. The number of rotatable bonds is 6. The van der Waals surface area contributed by atoms with Crippen LogP contribution in [-0.4, -0.2) is 43.8 Å². The zero-order valence-electron chi connectivity index (χ0n) is 13.0. The zero-order chi connectivity index (χ0) is 14.4. The van der Waals surface area contributed by atoms with E-state index in [1.807, 2.05) is 0 Å². The van der Waals surface area contributed by atoms with Crippen molar-refractivity contribution in [2.24, 2.45) is 0 Å². The Kier molecular flexibility index (Phi) is 6.02. The smallest absolute Gasteiger partial charge is 0.0700 e. The Balaban J connectivity index is 2.13. The Morgan fingerprint density at radius 1 is 1.30 bits per heavy atom. The molecule has 1 aliphatic rings. The first kappa shape index (κ1) is 15.5. The molecule has 1 N–H and O–H groups in total. The van der Waals surface area contributed by atoms with Crippen LogP contribution in [0.3, 0.4) is 0 Å². The highest BCUT2D eigenvalue weighted by Crippen LogP contribution is 2.25. The quantitative estimate of drug-likeness (QED) is 0.864. The number of morpholine rings is 1. The summed E-state index contributed by atoms with van der Waals surface area (Å²) in [5.41, 5.74) is 1.38. The van der Waals surface area contributed by atoms with Gasteiger partial charge in [0.2, 0.25) is 0 Å². The molecule has 0 aliphatic carbocycles. The van der Waals surface area contributed by atoms with Crippen LogP contribution < -0.4 is 5.32 Å². The highest BCUT2D eigenvalue weighted by Gasteiger charge is 2.30. The van der Waals surface area contributed by atoms with Crippen LogP contribution in [0, 0.1) is 0 Å². The van der Waals surface area contributed by atoms with Crippen LogP contribution in [-0.2, 0) is 4.74 Å². The van der Waals surface area contributed by atoms with E-state index < -0.39 is 0 Å². The van der Waals surface area contributed by atoms with Crippen LogP contribution in [0.25, 0.3) is 0 Å². The minimum absolute atomic E-state index is 0.386. The van der Waals surface area contributed by atoms with E-state index in [0.29, 0.717) is 18.2 Å². The molecule has 3 unspecified atom stereocenters. The van der Waals surface area contributed by atoms with Gasteiger partial charge >= 0.3 is 0 Å². The first-order valence-corrected chi connectivity index (χ1v) is 7.88. The predicted octanol–water partition coefficient (Wildman–Crippen LogP) is 2.84. The lowest BCUT2D eigenvalue weighted by Crippen LogP contribution is -2.51. The average molecular weight is 276 g/mol. The minimum atomic E-state index is 0.386. The van der Waals surface area contributed by atoms with E-state index in [-0.39, 0.29) is 0 Å². The SMILES string of the molecule is CCC1CN(C(CC)C(NC)c2ccccc2)CCO1. The van der Waals surface area contributed by atoms with Gasteiger partial charge in [0, 0.05) is 25.2 Å². The van der Waals surface area contributed by atoms with Crippen molar-refractivity contribution in [1.29, 1.82) is 0 Å². The fourth-order valence-corrected chi connectivity index (χ4v) is 3.24. The standard InChI is InChI=1S/C17H28N2O/c1-4-15-13-19(11-12-20-15)16(5-2)17(18-3)14-9-7-6-8-10-14/h6-10,15-18H,4-5,11-13H2,1-3H3. The van der Waals surface area contributed by atoms with Gasteiger partial charge in [-0.15, -0.1) is 0 Å². The van der Waals surface area contributed by atoms with Crippen LogP contribution >= 0.6 is 0 Å². The first-order valence-electron chi connectivity index (χ1n) is 7.88. The maximum absolute atomic E-state index is 5.81. The average Bonchev–Trinajstić information content (AvgIpc) is 2.53. The topological polar surface area (TPSA) is 24.5 Å². The molecule has 1 aromatic rings. The third-order valence-corrected chi connectivity index (χ3v) is 4.37. The van der Waals surface area contributed by atoms with Gasteiger partial charge in [0.1, 0.15) is 0 Å². The molecule has 112 valence electrons. The van der Waals surface area contributed by atoms with Crippen molar-refractivity contribution in [3.63, 3.8) is 0 Å². The summed E-state index contributed by atoms with van der Waals surface area (Å²) in [7, 11) is 2.07. The summed E-state index contributed by atoms with van der Waals surface area (Å²) in [4.78, 5) is 2.60. The van der Waals surface area contributed by atoms with E-state index in [4.69, 9.17) is 4.74 Å². The third kappa shape index (κ3) is 3.60. The van der Waals surface area contributed by atoms with E-state index in [1.54, 1.807) is 0 Å². The highest BCUT2D eigenvalue weighted by molar-refractivity contribution is 5.20. The summed E-state index contributed by atoms with van der Waals surface area (Å²) in [6.07, 6.45) is 2.64. The van der Waals surface area contributed by atoms with E-state index in [0.717, 1.165) is 32.5 Å². The maximum atomic E-state index is 5.81. The second kappa shape index (κ2) is 7.77. The normalized spacial score (nSPS) is 23.4. The van der Waals surface area contributed by atoms with Crippen molar-refractivity contribution >= 4 is 0 Å². The third-order valence-electron chi connectivity index (χ3n) is 4.37. The lowest BCUT2D eigenvalue weighted by Gasteiger charge is -2.41. The van der Waals surface area contributed by atoms with Crippen LogP contribution in [0.1, 0.15) is 38.3 Å². The zero-order valence-corrected chi connectivity index (χ0v) is 13.0. The van der Waals surface area contributed by atoms with Crippen molar-refractivity contribution < 1.29 is 4.74 Å². The lowest BCUT2D eigenvalue weighted by atomic mass is 9.95. The monoisotopic (exact) mass is 276 g/mol. The Hall–Kier alpha value is -0.900. The van der Waals surface area contributed by atoms with Crippen molar-refractivity contribution in [3.8, 4) is 0 Å². The van der Waals surface area contributed by atoms with Crippen molar-refractivity contribution in [3.05, 3.63) is 35.9 Å². The van der Waals surface area contributed by atoms with Crippen LogP contribution in [0.2, 0.25) is 0 Å². The number of hydrogen-bond donors (Lipinski definition) is 1. The van der Waals surface area contributed by atoms with Gasteiger partial charge < -0.3 is 10.1 Å². The molecule has 1 aliphatic heterocycles. The van der Waals surface area contributed by atoms with Crippen molar-refractivity contribution in [2.75, 3.05) is 26.7 Å². The van der Waals surface area contributed by atoms with Gasteiger partial charge in [0.05, 0.1) is 12.7 Å². The van der Waals surface area contributed by atoms with Gasteiger partial charge in [0.15, 0.2) is 0 Å². The number of nitrogens with one attached hydrogen (secondary N) is 1. The fourth-order valence-electron chi connectivity index (χ4n) is 3.24. The number of likely N-dealkylation sites (N-methyl/N-ethyl adjacent to an activating group) is 1. The Morgan fingerprint density at radius 3 is 2.65 bits per heavy atom. The van der Waals surface area contributed by atoms with Gasteiger partial charge in [-0.25, -0.2) is 0 Å². The van der Waals surface area contributed by atoms with Gasteiger partial charge in [-0.05, 0) is 25.5 Å². The molecule has 0 amide bonds. The summed E-state index contributed by atoms with van der Waals surface area (Å²) in [5, 5.41) is 3.52. The molecule has 20 heavy (non-hydrogen) atoms. The number of ether oxygens (including phenoxy) is 1. The largest absolute Gasteiger partial charge is 0.376 e. The van der Waals surface area contributed by atoms with Crippen LogP contribution in [0.5, 0.6) is 0 Å². The molecular weight excluding hydrogens is 248 g/mol. The molecule has 0 saturated carbocycles. The van der Waals surface area contributed by atoms with Crippen molar-refractivity contribution in [2.45, 2.75) is 44.9 Å². The Bertz CT molecular complexity index is 382. The number of benzene rings is 1. The summed E-state index contributed by atoms with van der Waals surface area (Å²) < 4.78 is 5.81. The minimum Gasteiger partial charge on any atom is -0.376 e. The number of nitrogens with zero attached hydrogens (tertiary/aromatic N) is 1. The van der Waals surface area contributed by atoms with E-state index >= 15 is 0 Å². The molecule has 0 bridgehead atoms. The number of hydrogen-bond acceptors (Lipinski definition) is 3. The summed E-state index contributed by atoms with van der Waals surface area (Å²) in [5.74, 6) is 0. The second-order valence-corrected chi connectivity index (χ2v) is 5.55. The maximum Gasteiger partial charge on any atom is 0.0700 e. The molecule has 3 heteroatoms. The molecule has 3 atom stereocenters. The summed E-state index contributed by atoms with van der Waals surface area (Å²) in [6, 6.07) is 11.7. The van der Waals surface area contributed by atoms with Gasteiger partial charge in [0.25, 0.3) is 0 Å². The second-order valence-electron chi connectivity index (χ2n) is 5.55. The van der Waals surface area contributed by atoms with Crippen LogP contribution in [0.4, 0.5) is 0 Å². The fraction of sp³-hybridized carbons (Fsp3) is 0.647. The van der Waals surface area contributed by atoms with Crippen LogP contribution in [0.15, 0.2) is 30.3 Å². The molecule has 2 rings (SSSR count). The molecule has 1 heterocycles. The molecule has 1 saturated heterocycles. The predicted molar refractivity (Wildman–Crippen MR) is 83.9 cm³/mol. The van der Waals surface area contributed by atoms with Crippen molar-refractivity contribution in [1.82, 2.24) is 10.2 Å².